The molecular formula is C10H15N2O. The van der Waals surface area contributed by atoms with E-state index in [2.05, 4.69) is 30.0 Å². The molecular weight excluding hydrogens is 164 g/mol. The summed E-state index contributed by atoms with van der Waals surface area (Å²) in [5.74, 6) is 1.22. The van der Waals surface area contributed by atoms with E-state index in [1.54, 1.807) is 7.11 Å². The monoisotopic (exact) mass is 179 g/mol. The molecule has 1 rings (SSSR count). The van der Waals surface area contributed by atoms with Crippen LogP contribution >= 0.6 is 0 Å². The molecule has 0 fully saturated rings. The minimum absolute atomic E-state index is 0.360. The van der Waals surface area contributed by atoms with Crippen molar-refractivity contribution in [2.24, 2.45) is 0 Å². The van der Waals surface area contributed by atoms with Gasteiger partial charge in [-0.15, -0.1) is 0 Å². The third kappa shape index (κ3) is 3.11. The maximum absolute atomic E-state index is 4.97. The molecule has 1 radical (unpaired) electrons. The van der Waals surface area contributed by atoms with Crippen LogP contribution in [-0.4, -0.2) is 23.7 Å². The Morgan fingerprint density at radius 3 is 2.92 bits per heavy atom. The molecule has 1 heterocycles. The lowest BCUT2D eigenvalue weighted by Crippen LogP contribution is -2.03. The number of hydrogen-bond donors (Lipinski definition) is 0. The van der Waals surface area contributed by atoms with E-state index in [-0.39, 0.29) is 0 Å². The average Bonchev–Trinajstić information content (AvgIpc) is 2.15. The normalized spacial score (nSPS) is 10.8. The molecule has 0 atom stereocenters. The highest BCUT2D eigenvalue weighted by Gasteiger charge is 2.03. The summed E-state index contributed by atoms with van der Waals surface area (Å²) in [6, 6.07) is 1.81. The SMILES string of the molecule is COCCc1c[c]nc(C(C)C)n1. The summed E-state index contributed by atoms with van der Waals surface area (Å²) in [4.78, 5) is 8.46. The number of methoxy groups -OCH3 is 1. The summed E-state index contributed by atoms with van der Waals surface area (Å²) in [6.45, 7) is 4.84. The van der Waals surface area contributed by atoms with Crippen LogP contribution in [0.5, 0.6) is 0 Å². The molecule has 0 aliphatic rings. The van der Waals surface area contributed by atoms with Gasteiger partial charge in [-0.25, -0.2) is 9.97 Å². The highest BCUT2D eigenvalue weighted by atomic mass is 16.5. The second-order valence-corrected chi connectivity index (χ2v) is 3.24. The molecule has 0 spiro atoms. The fraction of sp³-hybridized carbons (Fsp3) is 0.600. The molecule has 0 aliphatic carbocycles. The van der Waals surface area contributed by atoms with Crippen LogP contribution in [0.4, 0.5) is 0 Å². The standard InChI is InChI=1S/C10H15N2O/c1-8(2)10-11-6-4-9(12-10)5-7-13-3/h4,8H,5,7H2,1-3H3. The summed E-state index contributed by atoms with van der Waals surface area (Å²) in [5.41, 5.74) is 1.00. The van der Waals surface area contributed by atoms with E-state index in [0.717, 1.165) is 17.9 Å². The first kappa shape index (κ1) is 10.1. The highest BCUT2D eigenvalue weighted by Crippen LogP contribution is 2.08. The lowest BCUT2D eigenvalue weighted by Gasteiger charge is -2.04. The van der Waals surface area contributed by atoms with Gasteiger partial charge >= 0.3 is 0 Å². The van der Waals surface area contributed by atoms with Crippen molar-refractivity contribution in [3.8, 4) is 0 Å². The van der Waals surface area contributed by atoms with Crippen LogP contribution in [0.3, 0.4) is 0 Å². The van der Waals surface area contributed by atoms with Crippen molar-refractivity contribution in [3.63, 3.8) is 0 Å². The molecule has 3 nitrogen and oxygen atoms in total. The Balaban J connectivity index is 2.68. The lowest BCUT2D eigenvalue weighted by atomic mass is 10.2. The van der Waals surface area contributed by atoms with Crippen molar-refractivity contribution in [2.45, 2.75) is 26.2 Å². The molecule has 3 heteroatoms. The van der Waals surface area contributed by atoms with Crippen LogP contribution in [0.15, 0.2) is 6.07 Å². The summed E-state index contributed by atoms with van der Waals surface area (Å²) < 4.78 is 4.97. The minimum atomic E-state index is 0.360. The van der Waals surface area contributed by atoms with E-state index >= 15 is 0 Å². The lowest BCUT2D eigenvalue weighted by molar-refractivity contribution is 0.201. The quantitative estimate of drug-likeness (QED) is 0.704. The predicted octanol–water partition coefficient (Wildman–Crippen LogP) is 1.59. The number of rotatable bonds is 4. The first-order valence-electron chi connectivity index (χ1n) is 4.47. The Morgan fingerprint density at radius 2 is 2.31 bits per heavy atom. The van der Waals surface area contributed by atoms with Crippen LogP contribution < -0.4 is 0 Å². The Labute approximate surface area is 79.2 Å². The van der Waals surface area contributed by atoms with E-state index in [9.17, 15) is 0 Å². The first-order chi connectivity index (χ1) is 6.24. The summed E-state index contributed by atoms with van der Waals surface area (Å²) >= 11 is 0. The van der Waals surface area contributed by atoms with Crippen molar-refractivity contribution >= 4 is 0 Å². The van der Waals surface area contributed by atoms with Crippen LogP contribution in [0.25, 0.3) is 0 Å². The topological polar surface area (TPSA) is 35.0 Å². The van der Waals surface area contributed by atoms with Gasteiger partial charge in [0.05, 0.1) is 12.8 Å². The van der Waals surface area contributed by atoms with E-state index in [1.165, 1.54) is 0 Å². The maximum Gasteiger partial charge on any atom is 0.131 e. The molecule has 0 aliphatic heterocycles. The second kappa shape index (κ2) is 4.92. The van der Waals surface area contributed by atoms with Crippen LogP contribution in [-0.2, 0) is 11.2 Å². The van der Waals surface area contributed by atoms with Crippen molar-refractivity contribution in [3.05, 3.63) is 23.8 Å². The van der Waals surface area contributed by atoms with E-state index in [0.29, 0.717) is 12.5 Å². The molecule has 71 valence electrons. The van der Waals surface area contributed by atoms with Gasteiger partial charge in [-0.05, 0) is 6.07 Å². The van der Waals surface area contributed by atoms with Crippen molar-refractivity contribution in [2.75, 3.05) is 13.7 Å². The molecule has 0 bridgehead atoms. The Hall–Kier alpha value is -0.960. The molecule has 1 aromatic heterocycles. The third-order valence-electron chi connectivity index (χ3n) is 1.75. The van der Waals surface area contributed by atoms with Crippen molar-refractivity contribution in [1.82, 2.24) is 9.97 Å². The summed E-state index contributed by atoms with van der Waals surface area (Å²) in [6.07, 6.45) is 3.68. The van der Waals surface area contributed by atoms with Gasteiger partial charge in [-0.1, -0.05) is 13.8 Å². The van der Waals surface area contributed by atoms with Gasteiger partial charge < -0.3 is 4.74 Å². The second-order valence-electron chi connectivity index (χ2n) is 3.24. The Morgan fingerprint density at radius 1 is 1.54 bits per heavy atom. The number of ether oxygens (including phenoxy) is 1. The molecule has 13 heavy (non-hydrogen) atoms. The molecule has 0 amide bonds. The zero-order valence-corrected chi connectivity index (χ0v) is 8.37. The van der Waals surface area contributed by atoms with Gasteiger partial charge in [0.15, 0.2) is 0 Å². The summed E-state index contributed by atoms with van der Waals surface area (Å²) in [5, 5.41) is 0. The van der Waals surface area contributed by atoms with Crippen LogP contribution in [0, 0.1) is 6.20 Å². The van der Waals surface area contributed by atoms with E-state index in [4.69, 9.17) is 4.74 Å². The first-order valence-corrected chi connectivity index (χ1v) is 4.47. The largest absolute Gasteiger partial charge is 0.384 e. The summed E-state index contributed by atoms with van der Waals surface area (Å²) in [7, 11) is 1.69. The molecule has 0 saturated carbocycles. The average molecular weight is 179 g/mol. The smallest absolute Gasteiger partial charge is 0.131 e. The van der Waals surface area contributed by atoms with Gasteiger partial charge in [-0.2, -0.15) is 0 Å². The number of hydrogen-bond acceptors (Lipinski definition) is 3. The van der Waals surface area contributed by atoms with Gasteiger partial charge in [-0.3, -0.25) is 0 Å². The third-order valence-corrected chi connectivity index (χ3v) is 1.75. The molecule has 0 saturated heterocycles. The maximum atomic E-state index is 4.97. The number of aromatic nitrogens is 2. The van der Waals surface area contributed by atoms with Gasteiger partial charge in [0.25, 0.3) is 0 Å². The molecule has 0 unspecified atom stereocenters. The molecule has 0 N–H and O–H groups in total. The van der Waals surface area contributed by atoms with Gasteiger partial charge in [0.2, 0.25) is 0 Å². The fourth-order valence-electron chi connectivity index (χ4n) is 0.970. The Kier molecular flexibility index (Phi) is 3.83. The van der Waals surface area contributed by atoms with Crippen molar-refractivity contribution in [1.29, 1.82) is 0 Å². The highest BCUT2D eigenvalue weighted by molar-refractivity contribution is 5.03. The fourth-order valence-corrected chi connectivity index (χ4v) is 0.970. The minimum Gasteiger partial charge on any atom is -0.384 e. The van der Waals surface area contributed by atoms with Gasteiger partial charge in [0, 0.05) is 25.1 Å². The van der Waals surface area contributed by atoms with Crippen LogP contribution in [0.1, 0.15) is 31.3 Å². The van der Waals surface area contributed by atoms with Crippen molar-refractivity contribution < 1.29 is 4.74 Å². The molecule has 1 aromatic rings. The molecule has 0 aromatic carbocycles. The zero-order chi connectivity index (χ0) is 9.68. The van der Waals surface area contributed by atoms with Crippen LogP contribution in [0.2, 0.25) is 0 Å². The predicted molar refractivity (Wildman–Crippen MR) is 50.5 cm³/mol. The van der Waals surface area contributed by atoms with Gasteiger partial charge in [0.1, 0.15) is 5.82 Å². The Bertz CT molecular complexity index is 261. The van der Waals surface area contributed by atoms with E-state index < -0.39 is 0 Å². The van der Waals surface area contributed by atoms with E-state index in [1.807, 2.05) is 6.07 Å². The number of nitrogens with zero attached hydrogens (tertiary/aromatic N) is 2. The zero-order valence-electron chi connectivity index (χ0n) is 8.37.